The van der Waals surface area contributed by atoms with Crippen LogP contribution in [0.4, 0.5) is 8.78 Å². The summed E-state index contributed by atoms with van der Waals surface area (Å²) in [6.45, 7) is 4.54. The lowest BCUT2D eigenvalue weighted by Crippen LogP contribution is -2.70. The van der Waals surface area contributed by atoms with Crippen molar-refractivity contribution in [1.82, 2.24) is 10.2 Å². The fourth-order valence-electron chi connectivity index (χ4n) is 2.51. The zero-order valence-electron chi connectivity index (χ0n) is 11.0. The number of carbonyl (C=O) groups is 2. The first kappa shape index (κ1) is 14.9. The van der Waals surface area contributed by atoms with E-state index in [1.165, 1.54) is 0 Å². The van der Waals surface area contributed by atoms with Gasteiger partial charge in [-0.15, -0.1) is 0 Å². The first-order valence-electron chi connectivity index (χ1n) is 6.33. The molecule has 0 aromatic heterocycles. The number of carbonyl (C=O) groups excluding carboxylic acids is 2. The maximum absolute atomic E-state index is 12.6. The third-order valence-electron chi connectivity index (χ3n) is 3.71. The molecule has 6 heteroatoms. The molecule has 0 radical (unpaired) electrons. The number of halogens is 2. The lowest BCUT2D eigenvalue weighted by Gasteiger charge is -2.47. The van der Waals surface area contributed by atoms with Gasteiger partial charge >= 0.3 is 0 Å². The molecule has 1 aliphatic rings. The van der Waals surface area contributed by atoms with Crippen molar-refractivity contribution in [3.63, 3.8) is 0 Å². The van der Waals surface area contributed by atoms with Gasteiger partial charge in [-0.1, -0.05) is 20.8 Å². The lowest BCUT2D eigenvalue weighted by atomic mass is 9.85. The highest BCUT2D eigenvalue weighted by Crippen LogP contribution is 2.30. The summed E-state index contributed by atoms with van der Waals surface area (Å²) in [5, 5.41) is 2.64. The van der Waals surface area contributed by atoms with Crippen molar-refractivity contribution in [2.45, 2.75) is 58.0 Å². The van der Waals surface area contributed by atoms with Gasteiger partial charge in [0.25, 0.3) is 6.43 Å². The van der Waals surface area contributed by atoms with Crippen molar-refractivity contribution >= 4 is 11.8 Å². The first-order chi connectivity index (χ1) is 8.42. The molecule has 18 heavy (non-hydrogen) atoms. The van der Waals surface area contributed by atoms with Crippen LogP contribution >= 0.6 is 0 Å². The molecule has 0 spiro atoms. The molecule has 0 aliphatic carbocycles. The van der Waals surface area contributed by atoms with Crippen molar-refractivity contribution in [3.05, 3.63) is 0 Å². The maximum atomic E-state index is 12.6. The summed E-state index contributed by atoms with van der Waals surface area (Å²) in [7, 11) is 0. The van der Waals surface area contributed by atoms with Gasteiger partial charge in [-0.3, -0.25) is 9.59 Å². The standard InChI is InChI=1S/C12H20F2N2O2/c1-4-8-10(17)16(7-9(13)14)12(5-2,6-3)11(18)15-8/h8-9H,4-7H2,1-3H3,(H,15,18). The Balaban J connectivity index is 3.13. The van der Waals surface area contributed by atoms with Crippen LogP contribution in [0.3, 0.4) is 0 Å². The molecule has 1 atom stereocenters. The van der Waals surface area contributed by atoms with Crippen molar-refractivity contribution < 1.29 is 18.4 Å². The second kappa shape index (κ2) is 5.63. The van der Waals surface area contributed by atoms with E-state index in [0.717, 1.165) is 4.90 Å². The Labute approximate surface area is 106 Å². The molecule has 1 heterocycles. The molecule has 0 aromatic rings. The van der Waals surface area contributed by atoms with E-state index < -0.39 is 30.5 Å². The van der Waals surface area contributed by atoms with Gasteiger partial charge in [-0.2, -0.15) is 0 Å². The minimum absolute atomic E-state index is 0.320. The summed E-state index contributed by atoms with van der Waals surface area (Å²) < 4.78 is 25.3. The zero-order valence-corrected chi connectivity index (χ0v) is 11.0. The number of hydrogen-bond donors (Lipinski definition) is 1. The quantitative estimate of drug-likeness (QED) is 0.817. The Bertz CT molecular complexity index is 330. The monoisotopic (exact) mass is 262 g/mol. The number of nitrogens with zero attached hydrogens (tertiary/aromatic N) is 1. The molecular formula is C12H20F2N2O2. The van der Waals surface area contributed by atoms with Gasteiger partial charge in [0.1, 0.15) is 11.6 Å². The van der Waals surface area contributed by atoms with Crippen LogP contribution < -0.4 is 5.32 Å². The summed E-state index contributed by atoms with van der Waals surface area (Å²) in [5.74, 6) is -0.722. The van der Waals surface area contributed by atoms with Crippen LogP contribution in [0, 0.1) is 0 Å². The molecule has 4 nitrogen and oxygen atoms in total. The van der Waals surface area contributed by atoms with E-state index in [4.69, 9.17) is 0 Å². The summed E-state index contributed by atoms with van der Waals surface area (Å²) in [5.41, 5.74) is -1.13. The molecular weight excluding hydrogens is 242 g/mol. The van der Waals surface area contributed by atoms with E-state index >= 15 is 0 Å². The number of nitrogens with one attached hydrogen (secondary N) is 1. The Morgan fingerprint density at radius 2 is 1.83 bits per heavy atom. The van der Waals surface area contributed by atoms with E-state index in [1.54, 1.807) is 20.8 Å². The van der Waals surface area contributed by atoms with Crippen LogP contribution in [0.15, 0.2) is 0 Å². The summed E-state index contributed by atoms with van der Waals surface area (Å²) in [6, 6.07) is -0.678. The van der Waals surface area contributed by atoms with Crippen LogP contribution in [0.2, 0.25) is 0 Å². The lowest BCUT2D eigenvalue weighted by molar-refractivity contribution is -0.161. The average molecular weight is 262 g/mol. The summed E-state index contributed by atoms with van der Waals surface area (Å²) >= 11 is 0. The minimum atomic E-state index is -2.63. The largest absolute Gasteiger partial charge is 0.342 e. The average Bonchev–Trinajstić information content (AvgIpc) is 2.34. The number of alkyl halides is 2. The molecule has 1 N–H and O–H groups in total. The predicted octanol–water partition coefficient (Wildman–Crippen LogP) is 1.55. The van der Waals surface area contributed by atoms with Crippen molar-refractivity contribution in [1.29, 1.82) is 0 Å². The summed E-state index contributed by atoms with van der Waals surface area (Å²) in [4.78, 5) is 25.4. The Kier molecular flexibility index (Phi) is 4.65. The second-order valence-corrected chi connectivity index (χ2v) is 4.51. The molecule has 104 valence electrons. The van der Waals surface area contributed by atoms with Gasteiger partial charge in [0, 0.05) is 0 Å². The third kappa shape index (κ3) is 2.33. The van der Waals surface area contributed by atoms with Crippen molar-refractivity contribution in [3.8, 4) is 0 Å². The maximum Gasteiger partial charge on any atom is 0.255 e. The van der Waals surface area contributed by atoms with E-state index in [-0.39, 0.29) is 5.91 Å². The van der Waals surface area contributed by atoms with Gasteiger partial charge in [0.05, 0.1) is 6.54 Å². The molecule has 0 saturated carbocycles. The number of hydrogen-bond acceptors (Lipinski definition) is 2. The Morgan fingerprint density at radius 3 is 2.22 bits per heavy atom. The smallest absolute Gasteiger partial charge is 0.255 e. The highest BCUT2D eigenvalue weighted by Gasteiger charge is 2.50. The van der Waals surface area contributed by atoms with E-state index in [0.29, 0.717) is 19.3 Å². The van der Waals surface area contributed by atoms with Gasteiger partial charge in [-0.05, 0) is 19.3 Å². The normalized spacial score (nSPS) is 23.4. The Hall–Kier alpha value is -1.20. The SMILES string of the molecule is CCC1NC(=O)C(CC)(CC)N(CC(F)F)C1=O. The van der Waals surface area contributed by atoms with E-state index in [9.17, 15) is 18.4 Å². The Morgan fingerprint density at radius 1 is 1.28 bits per heavy atom. The van der Waals surface area contributed by atoms with Crippen LogP contribution in [0.25, 0.3) is 0 Å². The van der Waals surface area contributed by atoms with E-state index in [1.807, 2.05) is 0 Å². The minimum Gasteiger partial charge on any atom is -0.342 e. The van der Waals surface area contributed by atoms with E-state index in [2.05, 4.69) is 5.32 Å². The second-order valence-electron chi connectivity index (χ2n) is 4.51. The highest BCUT2D eigenvalue weighted by atomic mass is 19.3. The molecule has 1 saturated heterocycles. The fourth-order valence-corrected chi connectivity index (χ4v) is 2.51. The molecule has 0 bridgehead atoms. The molecule has 2 amide bonds. The first-order valence-corrected chi connectivity index (χ1v) is 6.33. The molecule has 1 fully saturated rings. The van der Waals surface area contributed by atoms with Gasteiger partial charge in [0.2, 0.25) is 11.8 Å². The summed E-state index contributed by atoms with van der Waals surface area (Å²) in [6.07, 6.45) is -1.54. The number of rotatable bonds is 5. The molecule has 1 rings (SSSR count). The number of amides is 2. The van der Waals surface area contributed by atoms with Gasteiger partial charge < -0.3 is 10.2 Å². The molecule has 1 aliphatic heterocycles. The van der Waals surface area contributed by atoms with Crippen LogP contribution in [-0.2, 0) is 9.59 Å². The van der Waals surface area contributed by atoms with Crippen molar-refractivity contribution in [2.24, 2.45) is 0 Å². The van der Waals surface area contributed by atoms with Crippen LogP contribution in [-0.4, -0.2) is 41.3 Å². The molecule has 1 unspecified atom stereocenters. The topological polar surface area (TPSA) is 49.4 Å². The zero-order chi connectivity index (χ0) is 13.9. The van der Waals surface area contributed by atoms with Gasteiger partial charge in [-0.25, -0.2) is 8.78 Å². The fraction of sp³-hybridized carbons (Fsp3) is 0.833. The number of piperazine rings is 1. The van der Waals surface area contributed by atoms with Crippen molar-refractivity contribution in [2.75, 3.05) is 6.54 Å². The van der Waals surface area contributed by atoms with Crippen LogP contribution in [0.1, 0.15) is 40.0 Å². The third-order valence-corrected chi connectivity index (χ3v) is 3.71. The molecule has 0 aromatic carbocycles. The van der Waals surface area contributed by atoms with Crippen LogP contribution in [0.5, 0.6) is 0 Å². The highest BCUT2D eigenvalue weighted by molar-refractivity contribution is 5.99. The van der Waals surface area contributed by atoms with Gasteiger partial charge in [0.15, 0.2) is 0 Å². The predicted molar refractivity (Wildman–Crippen MR) is 63.3 cm³/mol.